The Morgan fingerprint density at radius 2 is 1.08 bits per heavy atom. The average molecular weight is 575 g/mol. The zero-order valence-electron chi connectivity index (χ0n) is 20.4. The van der Waals surface area contributed by atoms with Crippen LogP contribution in [0.1, 0.15) is 16.7 Å². The number of rotatable bonds is 11. The van der Waals surface area contributed by atoms with Crippen molar-refractivity contribution in [2.45, 2.75) is 49.6 Å². The Morgan fingerprint density at radius 3 is 1.49 bits per heavy atom. The fraction of sp³-hybridized carbons (Fsp3) is 0.357. The van der Waals surface area contributed by atoms with Gasteiger partial charge >= 0.3 is 0 Å². The summed E-state index contributed by atoms with van der Waals surface area (Å²) in [6.45, 7) is -0.449. The first kappa shape index (κ1) is 27.8. The normalized spacial score (nSPS) is 29.8. The van der Waals surface area contributed by atoms with Gasteiger partial charge in [-0.3, -0.25) is 0 Å². The molecular formula is C28H31BrO8. The van der Waals surface area contributed by atoms with Crippen LogP contribution in [0.5, 0.6) is 0 Å². The molecule has 0 saturated carbocycles. The molecule has 1 aliphatic rings. The van der Waals surface area contributed by atoms with Crippen LogP contribution in [0.2, 0.25) is 0 Å². The maximum absolute atomic E-state index is 12.2. The lowest BCUT2D eigenvalue weighted by Crippen LogP contribution is -2.82. The first-order valence-electron chi connectivity index (χ1n) is 11.8. The van der Waals surface area contributed by atoms with Gasteiger partial charge in [0.25, 0.3) is 17.4 Å². The Hall–Kier alpha value is -2.18. The highest BCUT2D eigenvalue weighted by Crippen LogP contribution is 2.48. The zero-order chi connectivity index (χ0) is 26.4. The molecule has 0 spiro atoms. The van der Waals surface area contributed by atoms with Gasteiger partial charge in [0.2, 0.25) is 6.29 Å². The molecular weight excluding hydrogens is 544 g/mol. The van der Waals surface area contributed by atoms with Gasteiger partial charge < -0.3 is 39.0 Å². The van der Waals surface area contributed by atoms with Crippen LogP contribution in [0.3, 0.4) is 0 Å². The summed E-state index contributed by atoms with van der Waals surface area (Å²) in [5.74, 6) is -8.17. The van der Waals surface area contributed by atoms with E-state index < -0.39 is 29.8 Å². The van der Waals surface area contributed by atoms with E-state index in [1.54, 1.807) is 36.4 Å². The minimum atomic E-state index is -2.86. The lowest BCUT2D eigenvalue weighted by molar-refractivity contribution is -0.555. The molecule has 1 heterocycles. The molecule has 0 aromatic heterocycles. The standard InChI is InChI=1S/C28H31BrO8/c1-33-25-27(31,35-19-22-13-7-3-8-14-22)28(32,36-20-23-15-9-4-10-16-23)26(30,24(17-29)37-25)34-18-21-11-5-2-6-12-21/h2-16,24-25,30-32H,17-20H2,1H3/t24-,25+,26+,27+,28-/m1/s1. The van der Waals surface area contributed by atoms with Gasteiger partial charge in [-0.05, 0) is 16.7 Å². The van der Waals surface area contributed by atoms with Gasteiger partial charge in [-0.15, -0.1) is 0 Å². The van der Waals surface area contributed by atoms with Crippen LogP contribution >= 0.6 is 15.9 Å². The van der Waals surface area contributed by atoms with Crippen molar-refractivity contribution < 1.29 is 39.0 Å². The summed E-state index contributed by atoms with van der Waals surface area (Å²) in [6.07, 6.45) is -2.76. The molecule has 37 heavy (non-hydrogen) atoms. The fourth-order valence-electron chi connectivity index (χ4n) is 4.19. The minimum Gasteiger partial charge on any atom is -0.359 e. The van der Waals surface area contributed by atoms with Crippen molar-refractivity contribution in [2.24, 2.45) is 0 Å². The van der Waals surface area contributed by atoms with Gasteiger partial charge in [0.1, 0.15) is 6.10 Å². The lowest BCUT2D eigenvalue weighted by Gasteiger charge is -2.57. The SMILES string of the molecule is CO[C@H]1O[C@H](CBr)[C@](O)(OCc2ccccc2)[C@@](O)(OCc2ccccc2)[C@@]1(O)OCc1ccccc1. The molecule has 5 atom stereocenters. The van der Waals surface area contributed by atoms with Crippen molar-refractivity contribution in [3.05, 3.63) is 108 Å². The van der Waals surface area contributed by atoms with E-state index >= 15 is 0 Å². The summed E-state index contributed by atoms with van der Waals surface area (Å²) < 4.78 is 29.1. The van der Waals surface area contributed by atoms with Gasteiger partial charge in [0, 0.05) is 12.4 Å². The molecule has 0 aliphatic carbocycles. The predicted molar refractivity (Wildman–Crippen MR) is 138 cm³/mol. The van der Waals surface area contributed by atoms with E-state index in [2.05, 4.69) is 15.9 Å². The van der Waals surface area contributed by atoms with Crippen molar-refractivity contribution >= 4 is 15.9 Å². The third-order valence-electron chi connectivity index (χ3n) is 6.26. The second-order valence-corrected chi connectivity index (χ2v) is 9.35. The number of methoxy groups -OCH3 is 1. The Balaban J connectivity index is 1.74. The number of benzene rings is 3. The molecule has 0 unspecified atom stereocenters. The van der Waals surface area contributed by atoms with Crippen molar-refractivity contribution in [1.29, 1.82) is 0 Å². The summed E-state index contributed by atoms with van der Waals surface area (Å²) in [6, 6.07) is 27.2. The third kappa shape index (κ3) is 5.65. The van der Waals surface area contributed by atoms with Crippen molar-refractivity contribution in [2.75, 3.05) is 12.4 Å². The Kier molecular flexibility index (Phi) is 9.12. The van der Waals surface area contributed by atoms with Crippen molar-refractivity contribution in [3.63, 3.8) is 0 Å². The molecule has 0 radical (unpaired) electrons. The van der Waals surface area contributed by atoms with Crippen molar-refractivity contribution in [3.8, 4) is 0 Å². The molecule has 8 nitrogen and oxygen atoms in total. The highest BCUT2D eigenvalue weighted by atomic mass is 79.9. The first-order valence-corrected chi connectivity index (χ1v) is 12.9. The highest BCUT2D eigenvalue weighted by molar-refractivity contribution is 9.09. The molecule has 1 aliphatic heterocycles. The monoisotopic (exact) mass is 574 g/mol. The van der Waals surface area contributed by atoms with Crippen LogP contribution in [0.25, 0.3) is 0 Å². The van der Waals surface area contributed by atoms with Gasteiger partial charge in [0.05, 0.1) is 19.8 Å². The Labute approximate surface area is 224 Å². The molecule has 0 amide bonds. The van der Waals surface area contributed by atoms with Crippen molar-refractivity contribution in [1.82, 2.24) is 0 Å². The number of hydrogen-bond acceptors (Lipinski definition) is 8. The average Bonchev–Trinajstić information content (AvgIpc) is 2.95. The molecule has 198 valence electrons. The van der Waals surface area contributed by atoms with E-state index in [0.717, 1.165) is 5.56 Å². The van der Waals surface area contributed by atoms with Crippen LogP contribution in [0.4, 0.5) is 0 Å². The molecule has 3 N–H and O–H groups in total. The van der Waals surface area contributed by atoms with E-state index in [1.165, 1.54) is 7.11 Å². The van der Waals surface area contributed by atoms with Crippen LogP contribution < -0.4 is 0 Å². The Morgan fingerprint density at radius 1 is 0.676 bits per heavy atom. The summed E-state index contributed by atoms with van der Waals surface area (Å²) >= 11 is 3.32. The number of halogens is 1. The third-order valence-corrected chi connectivity index (χ3v) is 6.85. The fourth-order valence-corrected chi connectivity index (χ4v) is 4.78. The van der Waals surface area contributed by atoms with Crippen LogP contribution in [-0.2, 0) is 43.5 Å². The molecule has 0 bridgehead atoms. The van der Waals surface area contributed by atoms with Gasteiger partial charge in [0.15, 0.2) is 0 Å². The van der Waals surface area contributed by atoms with E-state index in [4.69, 9.17) is 23.7 Å². The maximum atomic E-state index is 12.2. The maximum Gasteiger partial charge on any atom is 0.285 e. The van der Waals surface area contributed by atoms with Gasteiger partial charge in [-0.2, -0.15) is 0 Å². The Bertz CT molecular complexity index is 1040. The molecule has 4 rings (SSSR count). The summed E-state index contributed by atoms with van der Waals surface area (Å²) in [5.41, 5.74) is 2.10. The van der Waals surface area contributed by atoms with Crippen LogP contribution in [0.15, 0.2) is 91.0 Å². The van der Waals surface area contributed by atoms with Gasteiger partial charge in [-0.25, -0.2) is 0 Å². The van der Waals surface area contributed by atoms with Gasteiger partial charge in [-0.1, -0.05) is 107 Å². The first-order chi connectivity index (χ1) is 17.9. The smallest absolute Gasteiger partial charge is 0.285 e. The van der Waals surface area contributed by atoms with E-state index in [9.17, 15) is 15.3 Å². The number of ether oxygens (including phenoxy) is 5. The number of alkyl halides is 1. The zero-order valence-corrected chi connectivity index (χ0v) is 22.0. The van der Waals surface area contributed by atoms with E-state index in [0.29, 0.717) is 11.1 Å². The quantitative estimate of drug-likeness (QED) is 0.236. The molecule has 9 heteroatoms. The second-order valence-electron chi connectivity index (χ2n) is 8.71. The number of aliphatic hydroxyl groups is 3. The largest absolute Gasteiger partial charge is 0.359 e. The summed E-state index contributed by atoms with van der Waals surface area (Å²) in [7, 11) is 1.29. The number of hydrogen-bond donors (Lipinski definition) is 3. The van der Waals surface area contributed by atoms with E-state index in [1.807, 2.05) is 54.6 Å². The molecule has 3 aromatic carbocycles. The summed E-state index contributed by atoms with van der Waals surface area (Å²) in [5, 5.41) is 36.1. The molecule has 3 aromatic rings. The lowest BCUT2D eigenvalue weighted by atomic mass is 9.87. The second kappa shape index (κ2) is 12.1. The highest BCUT2D eigenvalue weighted by Gasteiger charge is 2.76. The van der Waals surface area contributed by atoms with Crippen LogP contribution in [-0.4, -0.2) is 57.5 Å². The van der Waals surface area contributed by atoms with E-state index in [-0.39, 0.29) is 25.2 Å². The minimum absolute atomic E-state index is 0.0178. The molecule has 1 saturated heterocycles. The van der Waals surface area contributed by atoms with Crippen LogP contribution in [0, 0.1) is 0 Å². The predicted octanol–water partition coefficient (Wildman–Crippen LogP) is 3.47. The topological polar surface area (TPSA) is 107 Å². The molecule has 1 fully saturated rings. The summed E-state index contributed by atoms with van der Waals surface area (Å²) in [4.78, 5) is 0.